The number of halogens is 3. The van der Waals surface area contributed by atoms with Crippen LogP contribution in [0.3, 0.4) is 0 Å². The van der Waals surface area contributed by atoms with Crippen molar-refractivity contribution in [2.24, 2.45) is 5.92 Å². The summed E-state index contributed by atoms with van der Waals surface area (Å²) in [6.45, 7) is 7.56. The average molecular weight is 362 g/mol. The molecule has 0 saturated heterocycles. The molecule has 1 aromatic rings. The Hall–Kier alpha value is -2.25. The third-order valence-corrected chi connectivity index (χ3v) is 3.06. The van der Waals surface area contributed by atoms with E-state index in [9.17, 15) is 22.8 Å². The lowest BCUT2D eigenvalue weighted by molar-refractivity contribution is -0.187. The Morgan fingerprint density at radius 1 is 1.16 bits per heavy atom. The maximum atomic E-state index is 13.8. The number of carbonyl (C=O) groups excluding carboxylic acids is 1. The molecule has 140 valence electrons. The van der Waals surface area contributed by atoms with E-state index in [0.717, 1.165) is 18.2 Å². The molecule has 8 heteroatoms. The number of ether oxygens (including phenoxy) is 2. The standard InChI is InChI=1S/C17H21F3O5/c1-9(2)13(17(19,20)15(22)23)24-14(21)11-7-6-10(18)8-12(11)25-16(3,4)5/h6-9,13H,1-5H3,(H,22,23). The second-order valence-corrected chi connectivity index (χ2v) is 6.85. The molecular formula is C17H21F3O5. The quantitative estimate of drug-likeness (QED) is 0.777. The van der Waals surface area contributed by atoms with E-state index in [1.54, 1.807) is 20.8 Å². The van der Waals surface area contributed by atoms with Crippen LogP contribution in [0.25, 0.3) is 0 Å². The first-order valence-electron chi connectivity index (χ1n) is 7.56. The van der Waals surface area contributed by atoms with Crippen LogP contribution in [0.2, 0.25) is 0 Å². The molecule has 0 heterocycles. The lowest BCUT2D eigenvalue weighted by Gasteiger charge is -2.27. The highest BCUT2D eigenvalue weighted by molar-refractivity contribution is 5.93. The van der Waals surface area contributed by atoms with Gasteiger partial charge in [-0.3, -0.25) is 0 Å². The molecule has 1 N–H and O–H groups in total. The minimum atomic E-state index is -4.27. The minimum Gasteiger partial charge on any atom is -0.487 e. The van der Waals surface area contributed by atoms with Crippen LogP contribution in [0.1, 0.15) is 45.0 Å². The maximum Gasteiger partial charge on any atom is 0.378 e. The number of carboxylic acids is 1. The van der Waals surface area contributed by atoms with Crippen LogP contribution in [0.4, 0.5) is 13.2 Å². The van der Waals surface area contributed by atoms with Crippen LogP contribution in [0.5, 0.6) is 5.75 Å². The topological polar surface area (TPSA) is 72.8 Å². The molecule has 0 fully saturated rings. The SMILES string of the molecule is CC(C)C(OC(=O)c1ccc(F)cc1OC(C)(C)C)C(F)(F)C(=O)O. The van der Waals surface area contributed by atoms with E-state index >= 15 is 0 Å². The van der Waals surface area contributed by atoms with Crippen LogP contribution < -0.4 is 4.74 Å². The van der Waals surface area contributed by atoms with E-state index in [2.05, 4.69) is 0 Å². The first-order valence-corrected chi connectivity index (χ1v) is 7.56. The monoisotopic (exact) mass is 362 g/mol. The van der Waals surface area contributed by atoms with Crippen molar-refractivity contribution >= 4 is 11.9 Å². The van der Waals surface area contributed by atoms with E-state index in [0.29, 0.717) is 0 Å². The number of benzene rings is 1. The lowest BCUT2D eigenvalue weighted by Crippen LogP contribution is -2.47. The molecule has 25 heavy (non-hydrogen) atoms. The van der Waals surface area contributed by atoms with Crippen LogP contribution in [0.15, 0.2) is 18.2 Å². The summed E-state index contributed by atoms with van der Waals surface area (Å²) in [5.74, 6) is -9.73. The van der Waals surface area contributed by atoms with Crippen LogP contribution in [-0.2, 0) is 9.53 Å². The van der Waals surface area contributed by atoms with Crippen molar-refractivity contribution in [3.8, 4) is 5.75 Å². The Labute approximate surface area is 143 Å². The van der Waals surface area contributed by atoms with Crippen molar-refractivity contribution in [1.82, 2.24) is 0 Å². The van der Waals surface area contributed by atoms with Gasteiger partial charge < -0.3 is 14.6 Å². The van der Waals surface area contributed by atoms with Gasteiger partial charge in [-0.2, -0.15) is 8.78 Å². The Balaban J connectivity index is 3.20. The molecular weight excluding hydrogens is 341 g/mol. The summed E-state index contributed by atoms with van der Waals surface area (Å²) in [7, 11) is 0. The van der Waals surface area contributed by atoms with Crippen molar-refractivity contribution in [3.05, 3.63) is 29.6 Å². The zero-order chi connectivity index (χ0) is 19.6. The largest absolute Gasteiger partial charge is 0.487 e. The van der Waals surface area contributed by atoms with Gasteiger partial charge in [0, 0.05) is 6.07 Å². The number of hydrogen-bond acceptors (Lipinski definition) is 4. The Morgan fingerprint density at radius 3 is 2.16 bits per heavy atom. The minimum absolute atomic E-state index is 0.182. The molecule has 0 aliphatic rings. The normalized spacial score (nSPS) is 13.5. The number of alkyl halides is 2. The molecule has 0 bridgehead atoms. The summed E-state index contributed by atoms with van der Waals surface area (Å²) in [6, 6.07) is 2.92. The van der Waals surface area contributed by atoms with E-state index in [-0.39, 0.29) is 11.3 Å². The van der Waals surface area contributed by atoms with E-state index in [1.807, 2.05) is 0 Å². The molecule has 1 aromatic carbocycles. The highest BCUT2D eigenvalue weighted by atomic mass is 19.3. The van der Waals surface area contributed by atoms with Crippen molar-refractivity contribution < 1.29 is 37.3 Å². The van der Waals surface area contributed by atoms with E-state index in [4.69, 9.17) is 14.6 Å². The smallest absolute Gasteiger partial charge is 0.378 e. The van der Waals surface area contributed by atoms with Gasteiger partial charge in [-0.15, -0.1) is 0 Å². The maximum absolute atomic E-state index is 13.8. The average Bonchev–Trinajstić information content (AvgIpc) is 2.42. The molecule has 0 saturated carbocycles. The van der Waals surface area contributed by atoms with Gasteiger partial charge in [0.2, 0.25) is 0 Å². The molecule has 5 nitrogen and oxygen atoms in total. The van der Waals surface area contributed by atoms with Crippen LogP contribution in [0, 0.1) is 11.7 Å². The summed E-state index contributed by atoms with van der Waals surface area (Å²) < 4.78 is 51.3. The molecule has 0 aliphatic carbocycles. The second-order valence-electron chi connectivity index (χ2n) is 6.85. The fourth-order valence-corrected chi connectivity index (χ4v) is 2.01. The Morgan fingerprint density at radius 2 is 1.72 bits per heavy atom. The third kappa shape index (κ3) is 5.37. The van der Waals surface area contributed by atoms with Crippen molar-refractivity contribution in [3.63, 3.8) is 0 Å². The summed E-state index contributed by atoms with van der Waals surface area (Å²) in [4.78, 5) is 23.1. The van der Waals surface area contributed by atoms with Gasteiger partial charge in [-0.25, -0.2) is 14.0 Å². The van der Waals surface area contributed by atoms with E-state index in [1.165, 1.54) is 13.8 Å². The van der Waals surface area contributed by atoms with Gasteiger partial charge >= 0.3 is 17.9 Å². The predicted octanol–water partition coefficient (Wildman–Crippen LogP) is 3.90. The first-order chi connectivity index (χ1) is 11.3. The zero-order valence-corrected chi connectivity index (χ0v) is 14.6. The molecule has 0 radical (unpaired) electrons. The first kappa shape index (κ1) is 20.8. The molecule has 1 unspecified atom stereocenters. The summed E-state index contributed by atoms with van der Waals surface area (Å²) in [5.41, 5.74) is -1.06. The van der Waals surface area contributed by atoms with Gasteiger partial charge in [0.15, 0.2) is 6.10 Å². The van der Waals surface area contributed by atoms with Crippen LogP contribution >= 0.6 is 0 Å². The molecule has 0 aliphatic heterocycles. The van der Waals surface area contributed by atoms with Crippen LogP contribution in [-0.4, -0.2) is 34.7 Å². The van der Waals surface area contributed by atoms with Gasteiger partial charge in [-0.1, -0.05) is 13.8 Å². The number of carboxylic acid groups (broad SMARTS) is 1. The number of esters is 1. The molecule has 0 spiro atoms. The molecule has 0 aromatic heterocycles. The van der Waals surface area contributed by atoms with E-state index < -0.39 is 41.3 Å². The van der Waals surface area contributed by atoms with Crippen molar-refractivity contribution in [1.29, 1.82) is 0 Å². The van der Waals surface area contributed by atoms with Crippen molar-refractivity contribution in [2.75, 3.05) is 0 Å². The lowest BCUT2D eigenvalue weighted by atomic mass is 10.0. The van der Waals surface area contributed by atoms with Gasteiger partial charge in [0.25, 0.3) is 0 Å². The summed E-state index contributed by atoms with van der Waals surface area (Å²) in [6.07, 6.45) is -2.19. The number of rotatable bonds is 6. The van der Waals surface area contributed by atoms with Gasteiger partial charge in [-0.05, 0) is 38.8 Å². The highest BCUT2D eigenvalue weighted by Gasteiger charge is 2.51. The Kier molecular flexibility index (Phi) is 6.09. The second kappa shape index (κ2) is 7.33. The molecule has 0 amide bonds. The van der Waals surface area contributed by atoms with Gasteiger partial charge in [0.05, 0.1) is 0 Å². The summed E-state index contributed by atoms with van der Waals surface area (Å²) in [5, 5.41) is 8.67. The number of hydrogen-bond donors (Lipinski definition) is 1. The molecule has 1 atom stereocenters. The molecule has 1 rings (SSSR count). The third-order valence-electron chi connectivity index (χ3n) is 3.06. The highest BCUT2D eigenvalue weighted by Crippen LogP contribution is 2.31. The number of aliphatic carboxylic acids is 1. The fourth-order valence-electron chi connectivity index (χ4n) is 2.01. The predicted molar refractivity (Wildman–Crippen MR) is 83.4 cm³/mol. The number of carbonyl (C=O) groups is 2. The van der Waals surface area contributed by atoms with Gasteiger partial charge in [0.1, 0.15) is 22.7 Å². The van der Waals surface area contributed by atoms with Crippen molar-refractivity contribution in [2.45, 2.75) is 52.2 Å². The fraction of sp³-hybridized carbons (Fsp3) is 0.529. The summed E-state index contributed by atoms with van der Waals surface area (Å²) >= 11 is 0. The Bertz CT molecular complexity index is 650. The zero-order valence-electron chi connectivity index (χ0n) is 14.6.